The van der Waals surface area contributed by atoms with Crippen LogP contribution >= 0.6 is 22.6 Å². The molecule has 1 fully saturated rings. The van der Waals surface area contributed by atoms with Crippen LogP contribution in [0.1, 0.15) is 49.0 Å². The van der Waals surface area contributed by atoms with E-state index in [1.165, 1.54) is 25.7 Å². The van der Waals surface area contributed by atoms with E-state index in [0.717, 1.165) is 16.4 Å². The van der Waals surface area contributed by atoms with Crippen molar-refractivity contribution in [3.05, 3.63) is 15.5 Å². The van der Waals surface area contributed by atoms with Crippen molar-refractivity contribution in [3.8, 4) is 0 Å². The number of carbonyl (C=O) groups is 1. The summed E-state index contributed by atoms with van der Waals surface area (Å²) in [6.07, 6.45) is 8.94. The fourth-order valence-corrected chi connectivity index (χ4v) is 2.62. The third-order valence-corrected chi connectivity index (χ3v) is 3.83. The lowest BCUT2D eigenvalue weighted by Crippen LogP contribution is -2.35. The average molecular weight is 333 g/mol. The van der Waals surface area contributed by atoms with Gasteiger partial charge in [-0.2, -0.15) is 5.10 Å². The van der Waals surface area contributed by atoms with E-state index in [0.29, 0.717) is 11.7 Å². The lowest BCUT2D eigenvalue weighted by atomic mass is 10.1. The molecule has 2 rings (SSSR count). The Morgan fingerprint density at radius 2 is 2.06 bits per heavy atom. The summed E-state index contributed by atoms with van der Waals surface area (Å²) in [6.45, 7) is 0. The van der Waals surface area contributed by atoms with Gasteiger partial charge in [-0.3, -0.25) is 9.89 Å². The van der Waals surface area contributed by atoms with Gasteiger partial charge in [0.25, 0.3) is 5.91 Å². The Balaban J connectivity index is 1.93. The molecular weight excluding hydrogens is 317 g/mol. The fourth-order valence-electron chi connectivity index (χ4n) is 2.11. The molecule has 88 valence electrons. The third-order valence-electron chi connectivity index (χ3n) is 3.01. The molecule has 0 bridgehead atoms. The van der Waals surface area contributed by atoms with Gasteiger partial charge < -0.3 is 5.32 Å². The highest BCUT2D eigenvalue weighted by molar-refractivity contribution is 14.1. The smallest absolute Gasteiger partial charge is 0.270 e. The highest BCUT2D eigenvalue weighted by atomic mass is 127. The second-order valence-corrected chi connectivity index (χ2v) is 5.42. The minimum atomic E-state index is -0.0196. The summed E-state index contributed by atoms with van der Waals surface area (Å²) in [5.41, 5.74) is 0.588. The second kappa shape index (κ2) is 5.65. The Morgan fingerprint density at radius 1 is 1.38 bits per heavy atom. The van der Waals surface area contributed by atoms with Crippen molar-refractivity contribution in [2.75, 3.05) is 0 Å². The van der Waals surface area contributed by atoms with Crippen LogP contribution in [-0.4, -0.2) is 22.1 Å². The number of amides is 1. The van der Waals surface area contributed by atoms with Crippen LogP contribution in [-0.2, 0) is 0 Å². The van der Waals surface area contributed by atoms with E-state index in [1.54, 1.807) is 6.20 Å². The molecule has 0 spiro atoms. The predicted octanol–water partition coefficient (Wildman–Crippen LogP) is 2.47. The molecule has 1 heterocycles. The molecule has 1 aromatic rings. The van der Waals surface area contributed by atoms with Crippen molar-refractivity contribution in [1.82, 2.24) is 15.5 Å². The van der Waals surface area contributed by atoms with Gasteiger partial charge in [0.2, 0.25) is 0 Å². The van der Waals surface area contributed by atoms with Gasteiger partial charge in [-0.05, 0) is 35.4 Å². The molecule has 0 aromatic carbocycles. The summed E-state index contributed by atoms with van der Waals surface area (Å²) in [5, 5.41) is 9.69. The van der Waals surface area contributed by atoms with Crippen LogP contribution in [0.2, 0.25) is 0 Å². The van der Waals surface area contributed by atoms with Gasteiger partial charge in [-0.15, -0.1) is 0 Å². The number of H-pyrrole nitrogens is 1. The van der Waals surface area contributed by atoms with E-state index in [2.05, 4.69) is 38.1 Å². The Hall–Kier alpha value is -0.590. The van der Waals surface area contributed by atoms with Crippen molar-refractivity contribution in [1.29, 1.82) is 0 Å². The maximum absolute atomic E-state index is 11.9. The minimum absolute atomic E-state index is 0.0196. The van der Waals surface area contributed by atoms with Gasteiger partial charge in [0, 0.05) is 6.04 Å². The molecule has 0 radical (unpaired) electrons. The number of rotatable bonds is 2. The van der Waals surface area contributed by atoms with E-state index >= 15 is 0 Å². The largest absolute Gasteiger partial charge is 0.348 e. The lowest BCUT2D eigenvalue weighted by Gasteiger charge is -2.15. The zero-order chi connectivity index (χ0) is 11.4. The second-order valence-electron chi connectivity index (χ2n) is 4.25. The minimum Gasteiger partial charge on any atom is -0.348 e. The van der Waals surface area contributed by atoms with Crippen LogP contribution in [0.3, 0.4) is 0 Å². The third kappa shape index (κ3) is 2.96. The maximum atomic E-state index is 11.9. The molecule has 2 N–H and O–H groups in total. The number of nitrogens with one attached hydrogen (secondary N) is 2. The first-order valence-electron chi connectivity index (χ1n) is 5.77. The summed E-state index contributed by atoms with van der Waals surface area (Å²) in [4.78, 5) is 11.9. The van der Waals surface area contributed by atoms with Gasteiger partial charge >= 0.3 is 0 Å². The molecule has 0 atom stereocenters. The van der Waals surface area contributed by atoms with Gasteiger partial charge in [-0.25, -0.2) is 0 Å². The summed E-state index contributed by atoms with van der Waals surface area (Å²) < 4.78 is 0.878. The van der Waals surface area contributed by atoms with Gasteiger partial charge in [0.05, 0.1) is 9.77 Å². The van der Waals surface area contributed by atoms with Crippen molar-refractivity contribution < 1.29 is 4.79 Å². The number of aromatic amines is 1. The first kappa shape index (κ1) is 11.9. The average Bonchev–Trinajstić information content (AvgIpc) is 2.53. The van der Waals surface area contributed by atoms with Crippen molar-refractivity contribution in [2.24, 2.45) is 0 Å². The molecule has 16 heavy (non-hydrogen) atoms. The van der Waals surface area contributed by atoms with E-state index in [-0.39, 0.29) is 5.91 Å². The quantitative estimate of drug-likeness (QED) is 0.645. The Kier molecular flexibility index (Phi) is 4.20. The number of hydrogen-bond donors (Lipinski definition) is 2. The van der Waals surface area contributed by atoms with Crippen LogP contribution < -0.4 is 5.32 Å². The number of aromatic nitrogens is 2. The first-order valence-corrected chi connectivity index (χ1v) is 6.85. The number of nitrogens with zero attached hydrogens (tertiary/aromatic N) is 1. The van der Waals surface area contributed by atoms with Crippen molar-refractivity contribution in [3.63, 3.8) is 0 Å². The van der Waals surface area contributed by atoms with Crippen molar-refractivity contribution >= 4 is 28.5 Å². The summed E-state index contributed by atoms with van der Waals surface area (Å²) in [5.74, 6) is -0.0196. The van der Waals surface area contributed by atoms with Gasteiger partial charge in [-0.1, -0.05) is 25.7 Å². The molecule has 1 saturated carbocycles. The molecular formula is C11H16IN3O. The molecule has 1 aromatic heterocycles. The monoisotopic (exact) mass is 333 g/mol. The molecule has 0 aliphatic heterocycles. The molecule has 1 amide bonds. The zero-order valence-electron chi connectivity index (χ0n) is 9.13. The van der Waals surface area contributed by atoms with E-state index in [4.69, 9.17) is 0 Å². The molecule has 4 nitrogen and oxygen atoms in total. The van der Waals surface area contributed by atoms with Crippen LogP contribution in [0.15, 0.2) is 6.20 Å². The highest BCUT2D eigenvalue weighted by Gasteiger charge is 2.18. The van der Waals surface area contributed by atoms with Crippen molar-refractivity contribution in [2.45, 2.75) is 44.6 Å². The fraction of sp³-hybridized carbons (Fsp3) is 0.636. The zero-order valence-corrected chi connectivity index (χ0v) is 11.3. The van der Waals surface area contributed by atoms with Gasteiger partial charge in [0.1, 0.15) is 5.69 Å². The number of halogens is 1. The highest BCUT2D eigenvalue weighted by Crippen LogP contribution is 2.18. The van der Waals surface area contributed by atoms with Crippen LogP contribution in [0, 0.1) is 3.57 Å². The Bertz CT molecular complexity index is 356. The molecule has 0 unspecified atom stereocenters. The number of carbonyl (C=O) groups excluding carboxylic acids is 1. The van der Waals surface area contributed by atoms with E-state index in [1.807, 2.05) is 0 Å². The first-order chi connectivity index (χ1) is 7.77. The topological polar surface area (TPSA) is 57.8 Å². The molecule has 1 aliphatic rings. The van der Waals surface area contributed by atoms with Crippen LogP contribution in [0.4, 0.5) is 0 Å². The normalized spacial score (nSPS) is 18.1. The Morgan fingerprint density at radius 3 is 2.62 bits per heavy atom. The van der Waals surface area contributed by atoms with Gasteiger partial charge in [0.15, 0.2) is 0 Å². The van der Waals surface area contributed by atoms with E-state index < -0.39 is 0 Å². The summed E-state index contributed by atoms with van der Waals surface area (Å²) in [6, 6.07) is 0.342. The predicted molar refractivity (Wildman–Crippen MR) is 70.3 cm³/mol. The van der Waals surface area contributed by atoms with Crippen LogP contribution in [0.25, 0.3) is 0 Å². The maximum Gasteiger partial charge on any atom is 0.270 e. The molecule has 1 aliphatic carbocycles. The molecule has 0 saturated heterocycles. The standard InChI is InChI=1S/C11H16IN3O/c12-9-7-13-15-10(9)11(16)14-8-5-3-1-2-4-6-8/h7-8H,1-6H2,(H,13,15)(H,14,16). The summed E-state index contributed by atoms with van der Waals surface area (Å²) >= 11 is 2.12. The Labute approximate surface area is 109 Å². The molecule has 5 heteroatoms. The lowest BCUT2D eigenvalue weighted by molar-refractivity contribution is 0.0927. The SMILES string of the molecule is O=C(NC1CCCCCC1)c1[nH]ncc1I. The van der Waals surface area contributed by atoms with E-state index in [9.17, 15) is 4.79 Å². The van der Waals surface area contributed by atoms with Crippen LogP contribution in [0.5, 0.6) is 0 Å². The summed E-state index contributed by atoms with van der Waals surface area (Å²) in [7, 11) is 0. The number of hydrogen-bond acceptors (Lipinski definition) is 2.